The zero-order valence-electron chi connectivity index (χ0n) is 25.9. The van der Waals surface area contributed by atoms with Crippen LogP contribution >= 0.6 is 33.2 Å². The average molecular weight is 676 g/mol. The molecule has 0 amide bonds. The fourth-order valence-electron chi connectivity index (χ4n) is 2.09. The first kappa shape index (κ1) is 44.4. The van der Waals surface area contributed by atoms with E-state index >= 15 is 0 Å². The Bertz CT molecular complexity index is 1100. The van der Waals surface area contributed by atoms with Gasteiger partial charge in [0.2, 0.25) is 0 Å². The third-order valence-corrected chi connectivity index (χ3v) is 4.83. The Balaban J connectivity index is -0.000000661. The van der Waals surface area contributed by atoms with Crippen LogP contribution < -0.4 is 0 Å². The van der Waals surface area contributed by atoms with Crippen LogP contribution in [0.15, 0.2) is 33.1 Å². The van der Waals surface area contributed by atoms with Crippen molar-refractivity contribution in [2.75, 3.05) is 13.2 Å². The van der Waals surface area contributed by atoms with Gasteiger partial charge >= 0.3 is 18.7 Å². The third-order valence-electron chi connectivity index (χ3n) is 4.83. The molecule has 0 fully saturated rings. The largest absolute Gasteiger partial charge is 0.466 e. The van der Waals surface area contributed by atoms with Gasteiger partial charge in [-0.05, 0) is 60.8 Å². The predicted molar refractivity (Wildman–Crippen MR) is 167 cm³/mol. The summed E-state index contributed by atoms with van der Waals surface area (Å²) in [4.78, 5) is 22.8. The minimum atomic E-state index is -1.72. The summed E-state index contributed by atoms with van der Waals surface area (Å²) in [6.45, 7) is 13.8. The zero-order valence-corrected chi connectivity index (χ0v) is 29.3. The van der Waals surface area contributed by atoms with E-state index in [0.717, 1.165) is 12.8 Å². The number of rotatable bonds is 15. The van der Waals surface area contributed by atoms with Gasteiger partial charge in [0.25, 0.3) is 0 Å². The fraction of sp³-hybridized carbons (Fsp3) is 0.704. The quantitative estimate of drug-likeness (QED) is 0.0437. The number of carbonyl (C=O) groups excluding carboxylic acids is 2. The fourth-order valence-corrected chi connectivity index (χ4v) is 2.09. The van der Waals surface area contributed by atoms with E-state index in [9.17, 15) is 9.59 Å². The van der Waals surface area contributed by atoms with Crippen LogP contribution in [-0.4, -0.2) is 54.0 Å². The third kappa shape index (κ3) is 27.5. The molecule has 238 valence electrons. The van der Waals surface area contributed by atoms with Crippen molar-refractivity contribution in [1.82, 2.24) is 0 Å². The summed E-state index contributed by atoms with van der Waals surface area (Å²) in [6.07, 6.45) is 3.84. The van der Waals surface area contributed by atoms with Crippen LogP contribution in [0.2, 0.25) is 0 Å². The molecule has 0 saturated carbocycles. The number of ether oxygens (including phenoxy) is 2. The van der Waals surface area contributed by atoms with Crippen molar-refractivity contribution in [3.8, 4) is 24.3 Å². The smallest absolute Gasteiger partial charge is 0.326 e. The molecule has 0 aliphatic carbocycles. The van der Waals surface area contributed by atoms with Crippen molar-refractivity contribution in [2.24, 2.45) is 20.5 Å². The Morgan fingerprint density at radius 2 is 1.14 bits per heavy atom. The van der Waals surface area contributed by atoms with E-state index in [1.807, 2.05) is 31.2 Å². The van der Waals surface area contributed by atoms with Gasteiger partial charge in [-0.1, -0.05) is 26.0 Å². The van der Waals surface area contributed by atoms with Crippen LogP contribution in [0.1, 0.15) is 87.0 Å². The summed E-state index contributed by atoms with van der Waals surface area (Å²) in [5.41, 5.74) is -4.21. The van der Waals surface area contributed by atoms with Crippen molar-refractivity contribution in [3.63, 3.8) is 0 Å². The van der Waals surface area contributed by atoms with E-state index in [-0.39, 0.29) is 38.3 Å². The SMILES string of the molecule is C=CCOC(=O)CCC(C)(C#N)N=NC(C)(C)C#N.CCCCOC(=O)CCC(C)(C#N)N=NC(C)(C)C#N.Cl[SiH](Cl)Cl. The molecule has 0 bridgehead atoms. The van der Waals surface area contributed by atoms with Crippen molar-refractivity contribution in [2.45, 2.75) is 109 Å². The first-order valence-corrected chi connectivity index (χ1v) is 18.4. The van der Waals surface area contributed by atoms with Gasteiger partial charge in [0, 0.05) is 12.8 Å². The highest BCUT2D eigenvalue weighted by Gasteiger charge is 2.28. The molecule has 16 heteroatoms. The lowest BCUT2D eigenvalue weighted by Gasteiger charge is -2.16. The van der Waals surface area contributed by atoms with Gasteiger partial charge < -0.3 is 9.47 Å². The highest BCUT2D eigenvalue weighted by atomic mass is 35.8. The van der Waals surface area contributed by atoms with Crippen molar-refractivity contribution in [3.05, 3.63) is 12.7 Å². The topological polar surface area (TPSA) is 197 Å². The highest BCUT2D eigenvalue weighted by Crippen LogP contribution is 2.21. The first-order chi connectivity index (χ1) is 19.8. The molecule has 0 saturated heterocycles. The van der Waals surface area contributed by atoms with Crippen molar-refractivity contribution >= 4 is 51.9 Å². The monoisotopic (exact) mass is 674 g/mol. The molecule has 0 aromatic heterocycles. The van der Waals surface area contributed by atoms with Gasteiger partial charge in [0.15, 0.2) is 22.2 Å². The number of carbonyl (C=O) groups is 2. The minimum absolute atomic E-state index is 0.0594. The molecular formula is C27H41Cl3N8O4Si. The van der Waals surface area contributed by atoms with Gasteiger partial charge in [0.1, 0.15) is 6.61 Å². The molecule has 0 aliphatic heterocycles. The van der Waals surface area contributed by atoms with E-state index in [0.29, 0.717) is 6.61 Å². The van der Waals surface area contributed by atoms with Gasteiger partial charge in [-0.2, -0.15) is 41.5 Å². The molecule has 0 radical (unpaired) electrons. The lowest BCUT2D eigenvalue weighted by Crippen LogP contribution is -2.23. The van der Waals surface area contributed by atoms with E-state index in [2.05, 4.69) is 27.0 Å². The number of hydrogen-bond acceptors (Lipinski definition) is 12. The standard InChI is InChI=1S/C14H22N4O2.C13H18N4O2.Cl3HSi/c1-5-6-9-20-12(19)7-8-14(4,11-16)18-17-13(2,3)10-15;1-5-8-19-11(18)6-7-13(4,10-15)17-16-12(2,3)9-14;1-4(2)3/h5-9H2,1-4H3;5H,1,6-8H2,2-4H3;4H. The van der Waals surface area contributed by atoms with Crippen LogP contribution in [0.25, 0.3) is 0 Å². The molecule has 0 rings (SSSR count). The summed E-state index contributed by atoms with van der Waals surface area (Å²) >= 11 is 14.8. The molecule has 0 aromatic rings. The normalized spacial score (nSPS) is 13.7. The zero-order chi connectivity index (χ0) is 34.2. The second kappa shape index (κ2) is 23.4. The molecule has 12 nitrogen and oxygen atoms in total. The Hall–Kier alpha value is -3.07. The molecule has 2 atom stereocenters. The maximum atomic E-state index is 11.5. The lowest BCUT2D eigenvalue weighted by atomic mass is 9.99. The molecule has 0 aliphatic rings. The average Bonchev–Trinajstić information content (AvgIpc) is 2.96. The van der Waals surface area contributed by atoms with Crippen LogP contribution in [-0.2, 0) is 19.1 Å². The Kier molecular flexibility index (Phi) is 24.1. The number of hydrogen-bond donors (Lipinski definition) is 0. The molecular weight excluding hydrogens is 635 g/mol. The second-order valence-electron chi connectivity index (χ2n) is 10.3. The number of esters is 2. The van der Waals surface area contributed by atoms with Crippen molar-refractivity contribution in [1.29, 1.82) is 21.0 Å². The van der Waals surface area contributed by atoms with Crippen LogP contribution in [0.5, 0.6) is 0 Å². The molecule has 0 spiro atoms. The summed E-state index contributed by atoms with van der Waals surface area (Å²) in [5, 5.41) is 51.4. The summed E-state index contributed by atoms with van der Waals surface area (Å²) in [5.74, 6) is -0.759. The summed E-state index contributed by atoms with van der Waals surface area (Å²) in [7, 11) is 0. The van der Waals surface area contributed by atoms with Crippen LogP contribution in [0, 0.1) is 45.3 Å². The van der Waals surface area contributed by atoms with Gasteiger partial charge in [-0.15, -0.1) is 33.2 Å². The van der Waals surface area contributed by atoms with Crippen LogP contribution in [0.4, 0.5) is 0 Å². The first-order valence-electron chi connectivity index (χ1n) is 13.2. The van der Waals surface area contributed by atoms with Gasteiger partial charge in [-0.3, -0.25) is 9.59 Å². The number of nitrogens with zero attached hydrogens (tertiary/aromatic N) is 8. The second-order valence-corrected chi connectivity index (χ2v) is 16.7. The highest BCUT2D eigenvalue weighted by molar-refractivity contribution is 7.54. The number of unbranched alkanes of at least 4 members (excludes halogenated alkanes) is 1. The Morgan fingerprint density at radius 3 is 1.44 bits per heavy atom. The summed E-state index contributed by atoms with van der Waals surface area (Å²) in [6, 6.07) is 7.94. The lowest BCUT2D eigenvalue weighted by molar-refractivity contribution is -0.144. The molecule has 43 heavy (non-hydrogen) atoms. The van der Waals surface area contributed by atoms with E-state index < -0.39 is 34.9 Å². The predicted octanol–water partition coefficient (Wildman–Crippen LogP) is 7.10. The maximum absolute atomic E-state index is 11.5. The number of azo groups is 2. The van der Waals surface area contributed by atoms with E-state index in [1.165, 1.54) is 6.08 Å². The Labute approximate surface area is 271 Å². The molecule has 2 unspecified atom stereocenters. The molecule has 0 N–H and O–H groups in total. The minimum Gasteiger partial charge on any atom is -0.466 e. The maximum Gasteiger partial charge on any atom is 0.326 e. The van der Waals surface area contributed by atoms with Gasteiger partial charge in [-0.25, -0.2) is 0 Å². The van der Waals surface area contributed by atoms with E-state index in [1.54, 1.807) is 41.5 Å². The van der Waals surface area contributed by atoms with Gasteiger partial charge in [0.05, 0.1) is 30.9 Å². The molecule has 0 heterocycles. The molecule has 0 aromatic carbocycles. The number of nitriles is 4. The number of halogens is 3. The van der Waals surface area contributed by atoms with Crippen molar-refractivity contribution < 1.29 is 19.1 Å². The van der Waals surface area contributed by atoms with E-state index in [4.69, 9.17) is 63.8 Å². The van der Waals surface area contributed by atoms with Crippen LogP contribution in [0.3, 0.4) is 0 Å². The Morgan fingerprint density at radius 1 is 0.767 bits per heavy atom. The summed E-state index contributed by atoms with van der Waals surface area (Å²) < 4.78 is 9.82.